The second-order valence-corrected chi connectivity index (χ2v) is 18.7. The molecule has 3 N–H and O–H groups in total. The fourth-order valence-corrected chi connectivity index (χ4v) is 12.8. The molecular formula is C42H59N3O3. The molecular weight excluding hydrogens is 594 g/mol. The Balaban J connectivity index is 1.24. The van der Waals surface area contributed by atoms with Crippen LogP contribution in [-0.2, 0) is 15.1 Å². The minimum Gasteiger partial charge on any atom is -0.393 e. The summed E-state index contributed by atoms with van der Waals surface area (Å²) in [6, 6.07) is 10.1. The second kappa shape index (κ2) is 10.9. The van der Waals surface area contributed by atoms with Crippen LogP contribution in [0, 0.1) is 50.7 Å². The molecule has 1 heterocycles. The van der Waals surface area contributed by atoms with E-state index in [0.717, 1.165) is 61.8 Å². The Hall–Kier alpha value is -2.73. The Morgan fingerprint density at radius 2 is 1.65 bits per heavy atom. The van der Waals surface area contributed by atoms with Crippen molar-refractivity contribution in [3.63, 3.8) is 0 Å². The lowest BCUT2D eigenvalue weighted by Gasteiger charge is -2.72. The Kier molecular flexibility index (Phi) is 7.65. The molecule has 5 aliphatic rings. The molecule has 0 radical (unpaired) electrons. The summed E-state index contributed by atoms with van der Waals surface area (Å²) in [6.45, 7) is 20.6. The van der Waals surface area contributed by atoms with Gasteiger partial charge in [-0.05, 0) is 127 Å². The van der Waals surface area contributed by atoms with Crippen molar-refractivity contribution in [1.29, 1.82) is 0 Å². The lowest BCUT2D eigenvalue weighted by Crippen LogP contribution is -2.66. The summed E-state index contributed by atoms with van der Waals surface area (Å²) in [6.07, 6.45) is 9.94. The quantitative estimate of drug-likeness (QED) is 0.301. The van der Waals surface area contributed by atoms with Crippen LogP contribution in [0.5, 0.6) is 0 Å². The number of imidazole rings is 1. The van der Waals surface area contributed by atoms with Crippen molar-refractivity contribution < 1.29 is 14.7 Å². The minimum absolute atomic E-state index is 0.00487. The van der Waals surface area contributed by atoms with Gasteiger partial charge in [-0.2, -0.15) is 0 Å². The smallest absolute Gasteiger partial charge is 0.231 e. The fraction of sp³-hybridized carbons (Fsp3) is 0.690. The van der Waals surface area contributed by atoms with Crippen molar-refractivity contribution in [1.82, 2.24) is 15.3 Å². The molecule has 4 saturated carbocycles. The van der Waals surface area contributed by atoms with Crippen LogP contribution in [0.25, 0.3) is 11.3 Å². The predicted molar refractivity (Wildman–Crippen MR) is 191 cm³/mol. The molecule has 6 heteroatoms. The van der Waals surface area contributed by atoms with Crippen molar-refractivity contribution in [2.75, 3.05) is 0 Å². The van der Waals surface area contributed by atoms with Crippen LogP contribution < -0.4 is 5.32 Å². The third-order valence-corrected chi connectivity index (χ3v) is 15.5. The number of carbonyl (C=O) groups excluding carboxylic acids is 2. The Morgan fingerprint density at radius 1 is 0.938 bits per heavy atom. The summed E-state index contributed by atoms with van der Waals surface area (Å²) in [5, 5.41) is 14.5. The first-order chi connectivity index (χ1) is 22.4. The number of aromatic amines is 1. The average molecular weight is 654 g/mol. The number of nitrogens with one attached hydrogen (secondary N) is 2. The highest BCUT2D eigenvalue weighted by Crippen LogP contribution is 2.76. The summed E-state index contributed by atoms with van der Waals surface area (Å²) in [5.41, 5.74) is 2.73. The van der Waals surface area contributed by atoms with Gasteiger partial charge in [-0.15, -0.1) is 0 Å². The number of rotatable bonds is 5. The molecule has 260 valence electrons. The van der Waals surface area contributed by atoms with Gasteiger partial charge in [0.25, 0.3) is 0 Å². The number of ketones is 1. The topological polar surface area (TPSA) is 95.1 Å². The van der Waals surface area contributed by atoms with Crippen molar-refractivity contribution in [3.05, 3.63) is 53.5 Å². The van der Waals surface area contributed by atoms with Gasteiger partial charge in [-0.25, -0.2) is 4.98 Å². The predicted octanol–water partition coefficient (Wildman–Crippen LogP) is 8.77. The molecule has 1 amide bonds. The average Bonchev–Trinajstić information content (AvgIpc) is 3.64. The number of allylic oxidation sites excluding steroid dienone is 1. The molecule has 8 atom stereocenters. The normalized spacial score (nSPS) is 39.0. The number of hydrogen-bond acceptors (Lipinski definition) is 4. The number of amides is 1. The van der Waals surface area contributed by atoms with E-state index in [9.17, 15) is 14.7 Å². The number of nitrogens with zero attached hydrogens (tertiary/aromatic N) is 1. The van der Waals surface area contributed by atoms with Gasteiger partial charge in [-0.1, -0.05) is 78.8 Å². The van der Waals surface area contributed by atoms with Gasteiger partial charge in [0.1, 0.15) is 5.82 Å². The number of aliphatic hydroxyl groups excluding tert-OH is 1. The van der Waals surface area contributed by atoms with Gasteiger partial charge in [0, 0.05) is 6.42 Å². The number of fused-ring (bicyclic) bond motifs is 7. The van der Waals surface area contributed by atoms with Gasteiger partial charge >= 0.3 is 0 Å². The number of benzene rings is 1. The van der Waals surface area contributed by atoms with Gasteiger partial charge in [-0.3, -0.25) is 9.59 Å². The van der Waals surface area contributed by atoms with E-state index in [4.69, 9.17) is 4.98 Å². The molecule has 7 rings (SSSR count). The van der Waals surface area contributed by atoms with Crippen LogP contribution in [0.1, 0.15) is 126 Å². The maximum atomic E-state index is 14.9. The van der Waals surface area contributed by atoms with E-state index in [1.54, 1.807) is 0 Å². The molecule has 4 fully saturated rings. The van der Waals surface area contributed by atoms with Gasteiger partial charge in [0.15, 0.2) is 5.78 Å². The zero-order chi connectivity index (χ0) is 34.7. The van der Waals surface area contributed by atoms with Crippen LogP contribution in [0.2, 0.25) is 0 Å². The van der Waals surface area contributed by atoms with Crippen LogP contribution in [-0.4, -0.2) is 32.9 Å². The SMILES string of the molecule is CC(C)C1=C2[C@H]3CCC4[C@@]5(C)CC[C@H](O)C(C)(C)C5CC[C@@]4(C)[C@]3(C)CC[C@@]2(C(=O)NC(C)(C)c2ncc(-c3ccccc3)[nH]2)CC1=O. The summed E-state index contributed by atoms with van der Waals surface area (Å²) < 4.78 is 0. The second-order valence-electron chi connectivity index (χ2n) is 18.7. The van der Waals surface area contributed by atoms with E-state index < -0.39 is 11.0 Å². The Labute approximate surface area is 288 Å². The summed E-state index contributed by atoms with van der Waals surface area (Å²) >= 11 is 0. The number of aliphatic hydroxyl groups is 1. The fourth-order valence-electron chi connectivity index (χ4n) is 12.8. The Morgan fingerprint density at radius 3 is 2.33 bits per heavy atom. The van der Waals surface area contributed by atoms with E-state index in [2.05, 4.69) is 70.9 Å². The Bertz CT molecular complexity index is 1650. The first-order valence-electron chi connectivity index (χ1n) is 18.8. The highest BCUT2D eigenvalue weighted by Gasteiger charge is 2.71. The molecule has 2 unspecified atom stereocenters. The summed E-state index contributed by atoms with van der Waals surface area (Å²) in [4.78, 5) is 37.2. The number of carbonyl (C=O) groups is 2. The molecule has 0 aliphatic heterocycles. The van der Waals surface area contributed by atoms with E-state index in [-0.39, 0.29) is 57.7 Å². The van der Waals surface area contributed by atoms with Crippen LogP contribution in [0.4, 0.5) is 0 Å². The molecule has 0 spiro atoms. The molecule has 1 aromatic heterocycles. The molecule has 48 heavy (non-hydrogen) atoms. The van der Waals surface area contributed by atoms with Gasteiger partial charge in [0.2, 0.25) is 5.91 Å². The largest absolute Gasteiger partial charge is 0.393 e. The first kappa shape index (κ1) is 33.8. The zero-order valence-corrected chi connectivity index (χ0v) is 30.9. The van der Waals surface area contributed by atoms with Crippen molar-refractivity contribution in [2.24, 2.45) is 50.7 Å². The van der Waals surface area contributed by atoms with Crippen molar-refractivity contribution in [2.45, 2.75) is 132 Å². The third-order valence-electron chi connectivity index (χ3n) is 15.5. The standard InChI is InChI=1S/C42H59N3O3/c1-25(2)33-29(46)23-42(36(48)45-38(5,6)35-43-24-28(44-35)26-13-11-10-12-14-26)22-21-40(8)27(34(33)42)15-16-31-39(7)19-18-32(47)37(3,4)30(39)17-20-41(31,40)9/h10-14,24-25,27,30-32,47H,15-23H2,1-9H3,(H,43,44)(H,45,48)/t27-,30?,31?,32+,39+,40-,41-,42-/m1/s1. The molecule has 0 saturated heterocycles. The van der Waals surface area contributed by atoms with E-state index in [1.165, 1.54) is 5.57 Å². The number of aromatic nitrogens is 2. The maximum absolute atomic E-state index is 14.9. The lowest BCUT2D eigenvalue weighted by atomic mass is 9.33. The highest BCUT2D eigenvalue weighted by molar-refractivity contribution is 6.07. The van der Waals surface area contributed by atoms with E-state index >= 15 is 0 Å². The third kappa shape index (κ3) is 4.49. The summed E-state index contributed by atoms with van der Waals surface area (Å²) in [7, 11) is 0. The molecule has 0 bridgehead atoms. The zero-order valence-electron chi connectivity index (χ0n) is 30.9. The lowest BCUT2D eigenvalue weighted by molar-refractivity contribution is -0.228. The van der Waals surface area contributed by atoms with E-state index in [1.807, 2.05) is 38.2 Å². The van der Waals surface area contributed by atoms with Crippen LogP contribution >= 0.6 is 0 Å². The molecule has 6 nitrogen and oxygen atoms in total. The molecule has 1 aromatic carbocycles. The summed E-state index contributed by atoms with van der Waals surface area (Å²) in [5.74, 6) is 2.23. The number of hydrogen-bond donors (Lipinski definition) is 3. The number of H-pyrrole nitrogens is 1. The van der Waals surface area contributed by atoms with Crippen LogP contribution in [0.3, 0.4) is 0 Å². The maximum Gasteiger partial charge on any atom is 0.231 e. The monoisotopic (exact) mass is 653 g/mol. The van der Waals surface area contributed by atoms with E-state index in [0.29, 0.717) is 24.1 Å². The first-order valence-corrected chi connectivity index (χ1v) is 18.8. The van der Waals surface area contributed by atoms with Crippen molar-refractivity contribution >= 4 is 11.7 Å². The van der Waals surface area contributed by atoms with Crippen LogP contribution in [0.15, 0.2) is 47.7 Å². The molecule has 2 aromatic rings. The van der Waals surface area contributed by atoms with Crippen molar-refractivity contribution in [3.8, 4) is 11.3 Å². The van der Waals surface area contributed by atoms with Gasteiger partial charge in [0.05, 0.1) is 28.9 Å². The molecule has 5 aliphatic carbocycles. The van der Waals surface area contributed by atoms with Gasteiger partial charge < -0.3 is 15.4 Å². The highest BCUT2D eigenvalue weighted by atomic mass is 16.3. The number of Topliss-reactive ketones (excluding diaryl/α,β-unsaturated/α-hetero) is 1. The minimum atomic E-state index is -0.811.